The zero-order valence-electron chi connectivity index (χ0n) is 15.0. The molecule has 2 heterocycles. The van der Waals surface area contributed by atoms with Crippen LogP contribution in [0.2, 0.25) is 0 Å². The highest BCUT2D eigenvalue weighted by Gasteiger charge is 2.19. The van der Waals surface area contributed by atoms with Crippen LogP contribution in [0.25, 0.3) is 0 Å². The quantitative estimate of drug-likeness (QED) is 0.614. The van der Waals surface area contributed by atoms with E-state index in [2.05, 4.69) is 27.3 Å². The highest BCUT2D eigenvalue weighted by molar-refractivity contribution is 5.09. The summed E-state index contributed by atoms with van der Waals surface area (Å²) >= 11 is 0. The van der Waals surface area contributed by atoms with Crippen LogP contribution in [-0.4, -0.2) is 48.3 Å². The number of rotatable bonds is 7. The summed E-state index contributed by atoms with van der Waals surface area (Å²) in [6.45, 7) is 5.31. The van der Waals surface area contributed by atoms with E-state index in [0.29, 0.717) is 12.1 Å². The van der Waals surface area contributed by atoms with Gasteiger partial charge in [-0.1, -0.05) is 25.7 Å². The molecule has 4 nitrogen and oxygen atoms in total. The Balaban J connectivity index is 1.26. The van der Waals surface area contributed by atoms with Crippen LogP contribution in [0.15, 0.2) is 24.5 Å². The maximum Gasteiger partial charge on any atom is 0.0594 e. The van der Waals surface area contributed by atoms with E-state index in [-0.39, 0.29) is 0 Å². The predicted octanol–water partition coefficient (Wildman–Crippen LogP) is 3.38. The molecule has 1 N–H and O–H groups in total. The summed E-state index contributed by atoms with van der Waals surface area (Å²) in [7, 11) is 0. The minimum atomic E-state index is 0.525. The fourth-order valence-corrected chi connectivity index (χ4v) is 3.94. The van der Waals surface area contributed by atoms with Crippen LogP contribution in [-0.2, 0) is 11.3 Å². The van der Waals surface area contributed by atoms with Crippen molar-refractivity contribution in [1.29, 1.82) is 0 Å². The van der Waals surface area contributed by atoms with Crippen molar-refractivity contribution in [2.75, 3.05) is 26.2 Å². The zero-order chi connectivity index (χ0) is 16.5. The largest absolute Gasteiger partial charge is 0.377 e. The SMILES string of the molecule is c1cc(CN2CCC(NCCOC3CCCCCC3)CC2)ccn1. The Morgan fingerprint density at radius 1 is 1.00 bits per heavy atom. The third-order valence-corrected chi connectivity index (χ3v) is 5.43. The Morgan fingerprint density at radius 3 is 2.42 bits per heavy atom. The Morgan fingerprint density at radius 2 is 1.71 bits per heavy atom. The first-order chi connectivity index (χ1) is 11.9. The summed E-state index contributed by atoms with van der Waals surface area (Å²) < 4.78 is 6.08. The van der Waals surface area contributed by atoms with Crippen molar-refractivity contribution < 1.29 is 4.74 Å². The Hall–Kier alpha value is -0.970. The van der Waals surface area contributed by atoms with E-state index >= 15 is 0 Å². The number of aromatic nitrogens is 1. The molecule has 1 saturated carbocycles. The first kappa shape index (κ1) is 17.8. The van der Waals surface area contributed by atoms with E-state index in [9.17, 15) is 0 Å². The molecule has 134 valence electrons. The third kappa shape index (κ3) is 6.15. The van der Waals surface area contributed by atoms with Gasteiger partial charge >= 0.3 is 0 Å². The maximum atomic E-state index is 6.08. The molecule has 24 heavy (non-hydrogen) atoms. The van der Waals surface area contributed by atoms with Gasteiger partial charge in [0.2, 0.25) is 0 Å². The molecule has 0 bridgehead atoms. The van der Waals surface area contributed by atoms with Crippen molar-refractivity contribution in [2.24, 2.45) is 0 Å². The van der Waals surface area contributed by atoms with Gasteiger partial charge in [-0.25, -0.2) is 0 Å². The van der Waals surface area contributed by atoms with E-state index in [1.807, 2.05) is 12.4 Å². The molecule has 2 fully saturated rings. The molecule has 4 heteroatoms. The number of nitrogens with one attached hydrogen (secondary N) is 1. The predicted molar refractivity (Wildman–Crippen MR) is 98.0 cm³/mol. The highest BCUT2D eigenvalue weighted by Crippen LogP contribution is 2.19. The van der Waals surface area contributed by atoms with Crippen molar-refractivity contribution in [3.05, 3.63) is 30.1 Å². The van der Waals surface area contributed by atoms with Gasteiger partial charge in [0.1, 0.15) is 0 Å². The summed E-state index contributed by atoms with van der Waals surface area (Å²) in [6.07, 6.45) is 14.8. The smallest absolute Gasteiger partial charge is 0.0594 e. The van der Waals surface area contributed by atoms with Gasteiger partial charge in [0.25, 0.3) is 0 Å². The molecule has 0 spiro atoms. The van der Waals surface area contributed by atoms with Crippen LogP contribution < -0.4 is 5.32 Å². The number of hydrogen-bond donors (Lipinski definition) is 1. The molecular formula is C20H33N3O. The number of ether oxygens (including phenoxy) is 1. The summed E-state index contributed by atoms with van der Waals surface area (Å²) in [5.74, 6) is 0. The van der Waals surface area contributed by atoms with E-state index in [1.165, 1.54) is 70.0 Å². The van der Waals surface area contributed by atoms with Crippen molar-refractivity contribution in [3.63, 3.8) is 0 Å². The molecule has 1 aromatic rings. The van der Waals surface area contributed by atoms with Crippen LogP contribution >= 0.6 is 0 Å². The van der Waals surface area contributed by atoms with Crippen molar-refractivity contribution in [2.45, 2.75) is 70.1 Å². The summed E-state index contributed by atoms with van der Waals surface area (Å²) in [4.78, 5) is 6.64. The molecule has 2 aliphatic rings. The van der Waals surface area contributed by atoms with Gasteiger partial charge in [-0.3, -0.25) is 9.88 Å². The van der Waals surface area contributed by atoms with E-state index in [4.69, 9.17) is 4.74 Å². The van der Waals surface area contributed by atoms with Crippen molar-refractivity contribution in [1.82, 2.24) is 15.2 Å². The topological polar surface area (TPSA) is 37.4 Å². The molecule has 3 rings (SSSR count). The van der Waals surface area contributed by atoms with Gasteiger partial charge < -0.3 is 10.1 Å². The lowest BCUT2D eigenvalue weighted by molar-refractivity contribution is 0.0428. The molecule has 0 aromatic carbocycles. The van der Waals surface area contributed by atoms with Crippen LogP contribution in [0.1, 0.15) is 56.9 Å². The van der Waals surface area contributed by atoms with Crippen LogP contribution in [0, 0.1) is 0 Å². The van der Waals surface area contributed by atoms with Gasteiger partial charge in [0.15, 0.2) is 0 Å². The van der Waals surface area contributed by atoms with Gasteiger partial charge in [-0.2, -0.15) is 0 Å². The van der Waals surface area contributed by atoms with Gasteiger partial charge in [-0.05, 0) is 56.5 Å². The third-order valence-electron chi connectivity index (χ3n) is 5.43. The second-order valence-electron chi connectivity index (χ2n) is 7.34. The monoisotopic (exact) mass is 331 g/mol. The molecule has 1 aliphatic carbocycles. The molecule has 0 radical (unpaired) electrons. The number of likely N-dealkylation sites (tertiary alicyclic amines) is 1. The lowest BCUT2D eigenvalue weighted by Crippen LogP contribution is -2.43. The Bertz CT molecular complexity index is 437. The first-order valence-electron chi connectivity index (χ1n) is 9.86. The minimum Gasteiger partial charge on any atom is -0.377 e. The molecular weight excluding hydrogens is 298 g/mol. The lowest BCUT2D eigenvalue weighted by Gasteiger charge is -2.32. The Kier molecular flexibility index (Phi) is 7.52. The molecule has 0 unspecified atom stereocenters. The second kappa shape index (κ2) is 10.1. The summed E-state index contributed by atoms with van der Waals surface area (Å²) in [6, 6.07) is 4.90. The van der Waals surface area contributed by atoms with Gasteiger partial charge in [0, 0.05) is 31.5 Å². The number of pyridine rings is 1. The Labute approximate surface area is 147 Å². The van der Waals surface area contributed by atoms with Gasteiger partial charge in [0.05, 0.1) is 12.7 Å². The molecule has 1 saturated heterocycles. The standard InChI is InChI=1S/C20H33N3O/c1-2-4-6-20(5-3-1)24-16-13-22-19-9-14-23(15-10-19)17-18-7-11-21-12-8-18/h7-8,11-12,19-20,22H,1-6,9-10,13-17H2. The van der Waals surface area contributed by atoms with Crippen LogP contribution in [0.3, 0.4) is 0 Å². The number of hydrogen-bond acceptors (Lipinski definition) is 4. The fourth-order valence-electron chi connectivity index (χ4n) is 3.94. The average molecular weight is 332 g/mol. The molecule has 1 aromatic heterocycles. The van der Waals surface area contributed by atoms with Crippen LogP contribution in [0.5, 0.6) is 0 Å². The summed E-state index contributed by atoms with van der Waals surface area (Å²) in [5.41, 5.74) is 1.37. The minimum absolute atomic E-state index is 0.525. The van der Waals surface area contributed by atoms with E-state index in [0.717, 1.165) is 19.7 Å². The number of piperidine rings is 1. The normalized spacial score (nSPS) is 21.7. The van der Waals surface area contributed by atoms with Crippen LogP contribution in [0.4, 0.5) is 0 Å². The lowest BCUT2D eigenvalue weighted by atomic mass is 10.0. The van der Waals surface area contributed by atoms with E-state index < -0.39 is 0 Å². The molecule has 0 atom stereocenters. The fraction of sp³-hybridized carbons (Fsp3) is 0.750. The zero-order valence-corrected chi connectivity index (χ0v) is 15.0. The summed E-state index contributed by atoms with van der Waals surface area (Å²) in [5, 5.41) is 3.70. The van der Waals surface area contributed by atoms with Gasteiger partial charge in [-0.15, -0.1) is 0 Å². The van der Waals surface area contributed by atoms with Crippen molar-refractivity contribution in [3.8, 4) is 0 Å². The highest BCUT2D eigenvalue weighted by atomic mass is 16.5. The molecule has 1 aliphatic heterocycles. The maximum absolute atomic E-state index is 6.08. The van der Waals surface area contributed by atoms with Crippen molar-refractivity contribution >= 4 is 0 Å². The average Bonchev–Trinajstić information content (AvgIpc) is 2.90. The number of nitrogens with zero attached hydrogens (tertiary/aromatic N) is 2. The second-order valence-corrected chi connectivity index (χ2v) is 7.34. The van der Waals surface area contributed by atoms with E-state index in [1.54, 1.807) is 0 Å². The first-order valence-corrected chi connectivity index (χ1v) is 9.86. The molecule has 0 amide bonds.